The van der Waals surface area contributed by atoms with E-state index >= 15 is 0 Å². The number of carbonyl (C=O) groups excluding carboxylic acids is 1. The van der Waals surface area contributed by atoms with Gasteiger partial charge in [-0.05, 0) is 42.0 Å². The number of nitrogens with one attached hydrogen (secondary N) is 1. The molecule has 4 rings (SSSR count). The number of carbonyl (C=O) groups is 1. The molecule has 0 aliphatic carbocycles. The SMILES string of the molecule is O=C(NCCn1ncc2c(=O)n(Cc3ccc(Cl)cc3)cnc21)c1ccc(C(F)(F)F)cc1. The number of hydrogen-bond donors (Lipinski definition) is 1. The summed E-state index contributed by atoms with van der Waals surface area (Å²) in [5.41, 5.74) is 0.290. The number of rotatable bonds is 6. The van der Waals surface area contributed by atoms with Crippen LogP contribution in [-0.4, -0.2) is 31.8 Å². The Labute approximate surface area is 190 Å². The van der Waals surface area contributed by atoms with Crippen LogP contribution in [0, 0.1) is 0 Å². The number of halogens is 4. The Morgan fingerprint density at radius 1 is 1.06 bits per heavy atom. The predicted molar refractivity (Wildman–Crippen MR) is 116 cm³/mol. The van der Waals surface area contributed by atoms with Gasteiger partial charge in [-0.25, -0.2) is 9.67 Å². The molecule has 7 nitrogen and oxygen atoms in total. The van der Waals surface area contributed by atoms with Crippen LogP contribution in [0.4, 0.5) is 13.2 Å². The molecule has 2 heterocycles. The lowest BCUT2D eigenvalue weighted by Gasteiger charge is -2.09. The van der Waals surface area contributed by atoms with Crippen molar-refractivity contribution < 1.29 is 18.0 Å². The molecule has 2 aromatic heterocycles. The number of amides is 1. The van der Waals surface area contributed by atoms with Crippen LogP contribution in [0.1, 0.15) is 21.5 Å². The van der Waals surface area contributed by atoms with E-state index in [1.54, 1.807) is 12.1 Å². The Morgan fingerprint density at radius 2 is 1.76 bits per heavy atom. The third-order valence-electron chi connectivity index (χ3n) is 4.97. The van der Waals surface area contributed by atoms with Gasteiger partial charge in [0.2, 0.25) is 0 Å². The fourth-order valence-corrected chi connectivity index (χ4v) is 3.37. The van der Waals surface area contributed by atoms with Crippen molar-refractivity contribution in [2.75, 3.05) is 6.54 Å². The van der Waals surface area contributed by atoms with Gasteiger partial charge in [-0.1, -0.05) is 23.7 Å². The molecule has 0 fully saturated rings. The molecule has 33 heavy (non-hydrogen) atoms. The molecule has 0 aliphatic rings. The predicted octanol–water partition coefficient (Wildman–Crippen LogP) is 3.74. The zero-order valence-electron chi connectivity index (χ0n) is 17.0. The highest BCUT2D eigenvalue weighted by molar-refractivity contribution is 6.30. The summed E-state index contributed by atoms with van der Waals surface area (Å²) in [6, 6.07) is 11.1. The van der Waals surface area contributed by atoms with Crippen molar-refractivity contribution in [3.63, 3.8) is 0 Å². The maximum Gasteiger partial charge on any atom is 0.416 e. The van der Waals surface area contributed by atoms with Gasteiger partial charge in [-0.2, -0.15) is 18.3 Å². The van der Waals surface area contributed by atoms with E-state index in [0.717, 1.165) is 29.8 Å². The average molecular weight is 476 g/mol. The molecular weight excluding hydrogens is 459 g/mol. The van der Waals surface area contributed by atoms with E-state index in [0.29, 0.717) is 22.6 Å². The highest BCUT2D eigenvalue weighted by Crippen LogP contribution is 2.29. The van der Waals surface area contributed by atoms with Gasteiger partial charge in [0.25, 0.3) is 11.5 Å². The zero-order chi connectivity index (χ0) is 23.6. The zero-order valence-corrected chi connectivity index (χ0v) is 17.8. The van der Waals surface area contributed by atoms with E-state index in [9.17, 15) is 22.8 Å². The van der Waals surface area contributed by atoms with Crippen LogP contribution in [0.15, 0.2) is 65.8 Å². The molecule has 0 unspecified atom stereocenters. The van der Waals surface area contributed by atoms with Crippen LogP contribution in [0.5, 0.6) is 0 Å². The lowest BCUT2D eigenvalue weighted by atomic mass is 10.1. The quantitative estimate of drug-likeness (QED) is 0.460. The topological polar surface area (TPSA) is 81.8 Å². The average Bonchev–Trinajstić information content (AvgIpc) is 3.20. The van der Waals surface area contributed by atoms with Gasteiger partial charge in [-0.3, -0.25) is 14.2 Å². The molecule has 170 valence electrons. The summed E-state index contributed by atoms with van der Waals surface area (Å²) in [5.74, 6) is -0.515. The third kappa shape index (κ3) is 5.06. The van der Waals surface area contributed by atoms with E-state index in [-0.39, 0.29) is 24.2 Å². The van der Waals surface area contributed by atoms with Gasteiger partial charge in [0.1, 0.15) is 11.7 Å². The molecule has 0 saturated carbocycles. The minimum Gasteiger partial charge on any atom is -0.350 e. The fraction of sp³-hybridized carbons (Fsp3) is 0.182. The molecule has 1 N–H and O–H groups in total. The highest BCUT2D eigenvalue weighted by Gasteiger charge is 2.30. The number of fused-ring (bicyclic) bond motifs is 1. The van der Waals surface area contributed by atoms with E-state index in [1.807, 2.05) is 12.1 Å². The molecule has 4 aromatic rings. The molecule has 11 heteroatoms. The van der Waals surface area contributed by atoms with Crippen molar-refractivity contribution in [1.82, 2.24) is 24.6 Å². The summed E-state index contributed by atoms with van der Waals surface area (Å²) >= 11 is 5.89. The van der Waals surface area contributed by atoms with Crippen LogP contribution >= 0.6 is 11.6 Å². The molecule has 2 aromatic carbocycles. The van der Waals surface area contributed by atoms with Crippen molar-refractivity contribution >= 4 is 28.5 Å². The lowest BCUT2D eigenvalue weighted by Crippen LogP contribution is -2.28. The van der Waals surface area contributed by atoms with Crippen molar-refractivity contribution in [3.05, 3.63) is 93.1 Å². The van der Waals surface area contributed by atoms with Crippen LogP contribution in [0.2, 0.25) is 5.02 Å². The molecule has 0 radical (unpaired) electrons. The highest BCUT2D eigenvalue weighted by atomic mass is 35.5. The van der Waals surface area contributed by atoms with Gasteiger partial charge < -0.3 is 5.32 Å². The third-order valence-corrected chi connectivity index (χ3v) is 5.22. The van der Waals surface area contributed by atoms with Gasteiger partial charge >= 0.3 is 6.18 Å². The molecule has 0 spiro atoms. The first-order valence-electron chi connectivity index (χ1n) is 9.83. The first-order chi connectivity index (χ1) is 15.7. The molecule has 0 atom stereocenters. The second-order valence-electron chi connectivity index (χ2n) is 7.24. The van der Waals surface area contributed by atoms with Crippen molar-refractivity contribution in [3.8, 4) is 0 Å². The largest absolute Gasteiger partial charge is 0.416 e. The van der Waals surface area contributed by atoms with Gasteiger partial charge in [0.15, 0.2) is 5.65 Å². The number of hydrogen-bond acceptors (Lipinski definition) is 4. The molecule has 0 bridgehead atoms. The molecule has 0 aliphatic heterocycles. The normalized spacial score (nSPS) is 11.6. The Bertz CT molecular complexity index is 1350. The Kier molecular flexibility index (Phi) is 6.19. The monoisotopic (exact) mass is 475 g/mol. The second kappa shape index (κ2) is 9.07. The van der Waals surface area contributed by atoms with E-state index in [1.165, 1.54) is 21.8 Å². The van der Waals surface area contributed by atoms with Crippen LogP contribution in [0.25, 0.3) is 11.0 Å². The van der Waals surface area contributed by atoms with Gasteiger partial charge in [-0.15, -0.1) is 0 Å². The number of aromatic nitrogens is 4. The summed E-state index contributed by atoms with van der Waals surface area (Å²) in [6.45, 7) is 0.697. The van der Waals surface area contributed by atoms with Crippen molar-refractivity contribution in [2.45, 2.75) is 19.3 Å². The Morgan fingerprint density at radius 3 is 2.42 bits per heavy atom. The maximum atomic E-state index is 12.8. The summed E-state index contributed by atoms with van der Waals surface area (Å²) in [7, 11) is 0. The van der Waals surface area contributed by atoms with Crippen molar-refractivity contribution in [1.29, 1.82) is 0 Å². The molecular formula is C22H17ClF3N5O2. The smallest absolute Gasteiger partial charge is 0.350 e. The first kappa shape index (κ1) is 22.5. The van der Waals surface area contributed by atoms with Crippen molar-refractivity contribution in [2.24, 2.45) is 0 Å². The molecule has 0 saturated heterocycles. The minimum absolute atomic E-state index is 0.108. The lowest BCUT2D eigenvalue weighted by molar-refractivity contribution is -0.137. The summed E-state index contributed by atoms with van der Waals surface area (Å²) < 4.78 is 40.9. The minimum atomic E-state index is -4.46. The standard InChI is InChI=1S/C22H17ClF3N5O2/c23-17-7-1-14(2-8-17)12-30-13-28-19-18(21(30)33)11-29-31(19)10-9-27-20(32)15-3-5-16(6-4-15)22(24,25)26/h1-8,11,13H,9-10,12H2,(H,27,32). The maximum absolute atomic E-state index is 12.8. The second-order valence-corrected chi connectivity index (χ2v) is 7.68. The van der Waals surface area contributed by atoms with Gasteiger partial charge in [0.05, 0.1) is 24.8 Å². The first-order valence-corrected chi connectivity index (χ1v) is 10.2. The molecule has 1 amide bonds. The summed E-state index contributed by atoms with van der Waals surface area (Å²) in [6.07, 6.45) is -1.62. The summed E-state index contributed by atoms with van der Waals surface area (Å²) in [5, 5.41) is 7.73. The Hall–Kier alpha value is -3.66. The van der Waals surface area contributed by atoms with E-state index in [4.69, 9.17) is 11.6 Å². The van der Waals surface area contributed by atoms with Crippen LogP contribution < -0.4 is 10.9 Å². The van der Waals surface area contributed by atoms with E-state index < -0.39 is 17.6 Å². The van der Waals surface area contributed by atoms with Gasteiger partial charge in [0, 0.05) is 17.1 Å². The van der Waals surface area contributed by atoms with Crippen LogP contribution in [0.3, 0.4) is 0 Å². The number of alkyl halides is 3. The Balaban J connectivity index is 1.41. The number of nitrogens with zero attached hydrogens (tertiary/aromatic N) is 4. The summed E-state index contributed by atoms with van der Waals surface area (Å²) in [4.78, 5) is 29.3. The number of benzene rings is 2. The fourth-order valence-electron chi connectivity index (χ4n) is 3.25. The van der Waals surface area contributed by atoms with E-state index in [2.05, 4.69) is 15.4 Å². The van der Waals surface area contributed by atoms with Crippen LogP contribution in [-0.2, 0) is 19.3 Å².